The molecule has 2 aromatic rings. The molecule has 0 atom stereocenters. The fourth-order valence-corrected chi connectivity index (χ4v) is 4.01. The van der Waals surface area contributed by atoms with Gasteiger partial charge in [0.2, 0.25) is 15.9 Å². The molecule has 1 N–H and O–H groups in total. The number of nitrogens with zero attached hydrogens (tertiary/aromatic N) is 1. The minimum atomic E-state index is -3.97. The Morgan fingerprint density at radius 2 is 1.70 bits per heavy atom. The van der Waals surface area contributed by atoms with Crippen molar-refractivity contribution in [3.05, 3.63) is 58.3 Å². The lowest BCUT2D eigenvalue weighted by Crippen LogP contribution is -2.38. The van der Waals surface area contributed by atoms with E-state index >= 15 is 0 Å². The molecule has 0 radical (unpaired) electrons. The third kappa shape index (κ3) is 5.08. The lowest BCUT2D eigenvalue weighted by molar-refractivity contribution is -0.116. The van der Waals surface area contributed by atoms with Gasteiger partial charge in [0, 0.05) is 11.0 Å². The fraction of sp³-hybridized carbons (Fsp3) is 0.235. The molecule has 0 aliphatic rings. The maximum absolute atomic E-state index is 13.7. The Morgan fingerprint density at radius 3 is 2.30 bits per heavy atom. The predicted molar refractivity (Wildman–Crippen MR) is 98.1 cm³/mol. The monoisotopic (exact) mass is 464 g/mol. The number of hydrogen-bond acceptors (Lipinski definition) is 3. The smallest absolute Gasteiger partial charge is 0.243 e. The van der Waals surface area contributed by atoms with Crippen LogP contribution in [-0.2, 0) is 14.8 Å². The molecular formula is C17H16BrF3N2O3S. The Balaban J connectivity index is 2.21. The number of hydrogen-bond donors (Lipinski definition) is 1. The normalized spacial score (nSPS) is 11.6. The molecule has 146 valence electrons. The Hall–Kier alpha value is -1.91. The third-order valence-electron chi connectivity index (χ3n) is 3.55. The number of carbonyl (C=O) groups excluding carboxylic acids is 1. The standard InChI is InChI=1S/C17H16BrF3N2O3S/c1-2-9-23(27(25,26)12-5-3-11(18)4-6-12)10-15(24)22-14-8-7-13(19)16(20)17(14)21/h3-8H,2,9-10H2,1H3,(H,22,24). The van der Waals surface area contributed by atoms with Crippen LogP contribution in [0.4, 0.5) is 18.9 Å². The maximum Gasteiger partial charge on any atom is 0.243 e. The van der Waals surface area contributed by atoms with Crippen molar-refractivity contribution < 1.29 is 26.4 Å². The van der Waals surface area contributed by atoms with Crippen molar-refractivity contribution in [1.29, 1.82) is 0 Å². The van der Waals surface area contributed by atoms with E-state index in [4.69, 9.17) is 0 Å². The van der Waals surface area contributed by atoms with Gasteiger partial charge in [0.15, 0.2) is 17.5 Å². The van der Waals surface area contributed by atoms with Gasteiger partial charge in [-0.2, -0.15) is 4.31 Å². The molecule has 5 nitrogen and oxygen atoms in total. The van der Waals surface area contributed by atoms with E-state index in [1.165, 1.54) is 12.1 Å². The van der Waals surface area contributed by atoms with E-state index in [-0.39, 0.29) is 11.4 Å². The van der Waals surface area contributed by atoms with Gasteiger partial charge >= 0.3 is 0 Å². The summed E-state index contributed by atoms with van der Waals surface area (Å²) in [6.07, 6.45) is 0.433. The summed E-state index contributed by atoms with van der Waals surface area (Å²) in [6.45, 7) is 1.17. The van der Waals surface area contributed by atoms with Crippen molar-refractivity contribution in [3.8, 4) is 0 Å². The highest BCUT2D eigenvalue weighted by Gasteiger charge is 2.26. The van der Waals surface area contributed by atoms with Crippen molar-refractivity contribution in [3.63, 3.8) is 0 Å². The number of benzene rings is 2. The molecule has 0 bridgehead atoms. The lowest BCUT2D eigenvalue weighted by atomic mass is 10.2. The van der Waals surface area contributed by atoms with Crippen molar-refractivity contribution in [2.75, 3.05) is 18.4 Å². The van der Waals surface area contributed by atoms with Gasteiger partial charge in [0.1, 0.15) is 0 Å². The van der Waals surface area contributed by atoms with Gasteiger partial charge in [-0.3, -0.25) is 4.79 Å². The van der Waals surface area contributed by atoms with E-state index in [2.05, 4.69) is 21.2 Å². The fourth-order valence-electron chi connectivity index (χ4n) is 2.26. The van der Waals surface area contributed by atoms with Crippen molar-refractivity contribution in [2.45, 2.75) is 18.2 Å². The van der Waals surface area contributed by atoms with E-state index < -0.39 is 45.6 Å². The second kappa shape index (κ2) is 8.85. The molecule has 0 fully saturated rings. The first-order chi connectivity index (χ1) is 12.7. The van der Waals surface area contributed by atoms with Crippen molar-refractivity contribution >= 4 is 37.5 Å². The minimum absolute atomic E-state index is 0.00837. The second-order valence-electron chi connectivity index (χ2n) is 5.56. The molecule has 0 heterocycles. The number of nitrogens with one attached hydrogen (secondary N) is 1. The molecule has 10 heteroatoms. The highest BCUT2D eigenvalue weighted by atomic mass is 79.9. The molecule has 27 heavy (non-hydrogen) atoms. The molecule has 2 rings (SSSR count). The Morgan fingerprint density at radius 1 is 1.07 bits per heavy atom. The topological polar surface area (TPSA) is 66.5 Å². The summed E-state index contributed by atoms with van der Waals surface area (Å²) < 4.78 is 67.0. The first-order valence-electron chi connectivity index (χ1n) is 7.86. The Labute approximate surface area is 163 Å². The summed E-state index contributed by atoms with van der Waals surface area (Å²) in [5.41, 5.74) is -0.573. The summed E-state index contributed by atoms with van der Waals surface area (Å²) in [6, 6.07) is 7.39. The van der Waals surface area contributed by atoms with E-state index in [0.717, 1.165) is 10.4 Å². The molecular weight excluding hydrogens is 449 g/mol. The van der Waals surface area contributed by atoms with Crippen LogP contribution in [0.25, 0.3) is 0 Å². The van der Waals surface area contributed by atoms with Gasteiger partial charge in [-0.15, -0.1) is 0 Å². The molecule has 0 saturated carbocycles. The van der Waals surface area contributed by atoms with E-state index in [1.54, 1.807) is 19.1 Å². The molecule has 1 amide bonds. The largest absolute Gasteiger partial charge is 0.322 e. The van der Waals surface area contributed by atoms with Crippen LogP contribution < -0.4 is 5.32 Å². The number of halogens is 4. The number of sulfonamides is 1. The number of anilines is 1. The number of rotatable bonds is 7. The van der Waals surface area contributed by atoms with Crippen LogP contribution in [0.15, 0.2) is 45.8 Å². The van der Waals surface area contributed by atoms with Crippen LogP contribution in [0.3, 0.4) is 0 Å². The van der Waals surface area contributed by atoms with Crippen LogP contribution in [0, 0.1) is 17.5 Å². The quantitative estimate of drug-likeness (QED) is 0.631. The van der Waals surface area contributed by atoms with E-state index in [1.807, 2.05) is 0 Å². The SMILES string of the molecule is CCCN(CC(=O)Nc1ccc(F)c(F)c1F)S(=O)(=O)c1ccc(Br)cc1. The zero-order chi connectivity index (χ0) is 20.2. The van der Waals surface area contributed by atoms with Gasteiger partial charge in [-0.1, -0.05) is 22.9 Å². The van der Waals surface area contributed by atoms with Crippen LogP contribution in [0.1, 0.15) is 13.3 Å². The molecule has 0 spiro atoms. The average molecular weight is 465 g/mol. The highest BCUT2D eigenvalue weighted by Crippen LogP contribution is 2.21. The predicted octanol–water partition coefficient (Wildman–Crippen LogP) is 3.91. The molecule has 2 aromatic carbocycles. The summed E-state index contributed by atoms with van der Waals surface area (Å²) in [7, 11) is -3.97. The second-order valence-corrected chi connectivity index (χ2v) is 8.42. The first-order valence-corrected chi connectivity index (χ1v) is 10.1. The van der Waals surface area contributed by atoms with Crippen LogP contribution in [0.5, 0.6) is 0 Å². The maximum atomic E-state index is 13.7. The van der Waals surface area contributed by atoms with Gasteiger partial charge in [-0.25, -0.2) is 21.6 Å². The van der Waals surface area contributed by atoms with Gasteiger partial charge in [-0.05, 0) is 42.8 Å². The lowest BCUT2D eigenvalue weighted by Gasteiger charge is -2.21. The molecule has 0 aliphatic carbocycles. The van der Waals surface area contributed by atoms with Gasteiger partial charge in [0.25, 0.3) is 0 Å². The molecule has 0 unspecified atom stereocenters. The summed E-state index contributed by atoms with van der Waals surface area (Å²) >= 11 is 3.21. The zero-order valence-electron chi connectivity index (χ0n) is 14.2. The van der Waals surface area contributed by atoms with Crippen molar-refractivity contribution in [1.82, 2.24) is 4.31 Å². The summed E-state index contributed by atoms with van der Waals surface area (Å²) in [5.74, 6) is -5.55. The average Bonchev–Trinajstić information content (AvgIpc) is 2.62. The minimum Gasteiger partial charge on any atom is -0.322 e. The Bertz CT molecular complexity index is 937. The number of amides is 1. The first kappa shape index (κ1) is 21.4. The van der Waals surface area contributed by atoms with Gasteiger partial charge < -0.3 is 5.32 Å². The third-order valence-corrected chi connectivity index (χ3v) is 5.94. The zero-order valence-corrected chi connectivity index (χ0v) is 16.6. The Kier molecular flexibility index (Phi) is 7.01. The molecule has 0 aliphatic heterocycles. The summed E-state index contributed by atoms with van der Waals surface area (Å²) in [5, 5.41) is 2.07. The van der Waals surface area contributed by atoms with Crippen LogP contribution >= 0.6 is 15.9 Å². The van der Waals surface area contributed by atoms with Crippen LogP contribution in [-0.4, -0.2) is 31.7 Å². The van der Waals surface area contributed by atoms with Crippen molar-refractivity contribution in [2.24, 2.45) is 0 Å². The number of carbonyl (C=O) groups is 1. The van der Waals surface area contributed by atoms with Gasteiger partial charge in [0.05, 0.1) is 17.1 Å². The van der Waals surface area contributed by atoms with E-state index in [0.29, 0.717) is 17.0 Å². The summed E-state index contributed by atoms with van der Waals surface area (Å²) in [4.78, 5) is 12.2. The molecule has 0 saturated heterocycles. The highest BCUT2D eigenvalue weighted by molar-refractivity contribution is 9.10. The van der Waals surface area contributed by atoms with Crippen LogP contribution in [0.2, 0.25) is 0 Å². The van der Waals surface area contributed by atoms with E-state index in [9.17, 15) is 26.4 Å². The molecule has 0 aromatic heterocycles.